The molecule has 17 heavy (non-hydrogen) atoms. The Morgan fingerprint density at radius 3 is 3.12 bits per heavy atom. The molecule has 1 aromatic rings. The zero-order valence-corrected chi connectivity index (χ0v) is 10.5. The standard InChI is InChI=1S/C13H17ClFNO/c14-11-3-4-13(15)10(8-11)9-16-6-5-12-2-1-7-17-12/h3-4,8,12,16H,1-2,5-7,9H2. The van der Waals surface area contributed by atoms with E-state index in [1.165, 1.54) is 6.07 Å². The molecule has 1 atom stereocenters. The topological polar surface area (TPSA) is 21.3 Å². The zero-order valence-electron chi connectivity index (χ0n) is 9.72. The Balaban J connectivity index is 1.72. The maximum Gasteiger partial charge on any atom is 0.127 e. The molecule has 0 radical (unpaired) electrons. The van der Waals surface area contributed by atoms with Crippen LogP contribution < -0.4 is 5.32 Å². The van der Waals surface area contributed by atoms with Gasteiger partial charge in [0.25, 0.3) is 0 Å². The van der Waals surface area contributed by atoms with Crippen molar-refractivity contribution in [1.82, 2.24) is 5.32 Å². The molecule has 4 heteroatoms. The number of hydrogen-bond donors (Lipinski definition) is 1. The van der Waals surface area contributed by atoms with Gasteiger partial charge in [-0.15, -0.1) is 0 Å². The second-order valence-electron chi connectivity index (χ2n) is 4.34. The van der Waals surface area contributed by atoms with Gasteiger partial charge in [0.05, 0.1) is 6.10 Å². The van der Waals surface area contributed by atoms with Gasteiger partial charge in [-0.25, -0.2) is 4.39 Å². The highest BCUT2D eigenvalue weighted by atomic mass is 35.5. The van der Waals surface area contributed by atoms with E-state index in [9.17, 15) is 4.39 Å². The summed E-state index contributed by atoms with van der Waals surface area (Å²) in [4.78, 5) is 0. The molecular formula is C13H17ClFNO. The average molecular weight is 258 g/mol. The Kier molecular flexibility index (Phi) is 4.77. The first-order valence-corrected chi connectivity index (χ1v) is 6.40. The fraction of sp³-hybridized carbons (Fsp3) is 0.538. The van der Waals surface area contributed by atoms with Gasteiger partial charge in [0, 0.05) is 23.7 Å². The van der Waals surface area contributed by atoms with Crippen molar-refractivity contribution in [2.45, 2.75) is 31.9 Å². The normalized spacial score (nSPS) is 19.8. The molecule has 0 amide bonds. The summed E-state index contributed by atoms with van der Waals surface area (Å²) in [6.45, 7) is 2.24. The second kappa shape index (κ2) is 6.34. The lowest BCUT2D eigenvalue weighted by molar-refractivity contribution is 0.104. The first-order valence-electron chi connectivity index (χ1n) is 6.02. The van der Waals surface area contributed by atoms with Crippen molar-refractivity contribution >= 4 is 11.6 Å². The SMILES string of the molecule is Fc1ccc(Cl)cc1CNCCC1CCCO1. The predicted octanol–water partition coefficient (Wildman–Crippen LogP) is 3.14. The number of rotatable bonds is 5. The summed E-state index contributed by atoms with van der Waals surface area (Å²) in [5.41, 5.74) is 0.616. The van der Waals surface area contributed by atoms with Crippen molar-refractivity contribution in [1.29, 1.82) is 0 Å². The molecule has 1 saturated heterocycles. The lowest BCUT2D eigenvalue weighted by Crippen LogP contribution is -2.20. The largest absolute Gasteiger partial charge is 0.378 e. The fourth-order valence-corrected chi connectivity index (χ4v) is 2.23. The number of ether oxygens (including phenoxy) is 1. The number of benzene rings is 1. The molecule has 1 N–H and O–H groups in total. The molecule has 1 aliphatic rings. The third-order valence-electron chi connectivity index (χ3n) is 2.99. The van der Waals surface area contributed by atoms with E-state index < -0.39 is 0 Å². The molecule has 0 spiro atoms. The average Bonchev–Trinajstić information content (AvgIpc) is 2.82. The minimum atomic E-state index is -0.209. The molecule has 94 valence electrons. The van der Waals surface area contributed by atoms with Crippen LogP contribution in [0.5, 0.6) is 0 Å². The van der Waals surface area contributed by atoms with Gasteiger partial charge >= 0.3 is 0 Å². The van der Waals surface area contributed by atoms with E-state index in [2.05, 4.69) is 5.32 Å². The molecule has 0 saturated carbocycles. The maximum atomic E-state index is 13.4. The van der Waals surface area contributed by atoms with E-state index in [1.807, 2.05) is 0 Å². The molecule has 1 aromatic carbocycles. The molecule has 1 heterocycles. The summed E-state index contributed by atoms with van der Waals surface area (Å²) in [7, 11) is 0. The number of hydrogen-bond acceptors (Lipinski definition) is 2. The molecule has 2 rings (SSSR count). The molecule has 0 aliphatic carbocycles. The van der Waals surface area contributed by atoms with Gasteiger partial charge in [0.2, 0.25) is 0 Å². The van der Waals surface area contributed by atoms with Crippen LogP contribution in [0.4, 0.5) is 4.39 Å². The lowest BCUT2D eigenvalue weighted by Gasteiger charge is -2.10. The highest BCUT2D eigenvalue weighted by molar-refractivity contribution is 6.30. The van der Waals surface area contributed by atoms with E-state index in [-0.39, 0.29) is 5.82 Å². The van der Waals surface area contributed by atoms with Crippen LogP contribution in [0.15, 0.2) is 18.2 Å². The minimum Gasteiger partial charge on any atom is -0.378 e. The summed E-state index contributed by atoms with van der Waals surface area (Å²) in [5.74, 6) is -0.209. The smallest absolute Gasteiger partial charge is 0.127 e. The van der Waals surface area contributed by atoms with E-state index in [1.54, 1.807) is 12.1 Å². The first kappa shape index (κ1) is 12.8. The van der Waals surface area contributed by atoms with E-state index in [0.29, 0.717) is 23.2 Å². The Morgan fingerprint density at radius 2 is 2.35 bits per heavy atom. The molecule has 0 bridgehead atoms. The maximum absolute atomic E-state index is 13.4. The fourth-order valence-electron chi connectivity index (χ4n) is 2.04. The van der Waals surface area contributed by atoms with Gasteiger partial charge in [-0.05, 0) is 44.0 Å². The van der Waals surface area contributed by atoms with Crippen LogP contribution >= 0.6 is 11.6 Å². The van der Waals surface area contributed by atoms with Crippen LogP contribution in [-0.2, 0) is 11.3 Å². The quantitative estimate of drug-likeness (QED) is 0.819. The summed E-state index contributed by atoms with van der Waals surface area (Å²) >= 11 is 5.82. The highest BCUT2D eigenvalue weighted by Crippen LogP contribution is 2.16. The Morgan fingerprint density at radius 1 is 1.47 bits per heavy atom. The van der Waals surface area contributed by atoms with Crippen LogP contribution in [-0.4, -0.2) is 19.3 Å². The molecule has 2 nitrogen and oxygen atoms in total. The monoisotopic (exact) mass is 257 g/mol. The van der Waals surface area contributed by atoms with Crippen molar-refractivity contribution in [2.75, 3.05) is 13.2 Å². The third-order valence-corrected chi connectivity index (χ3v) is 3.23. The molecular weight excluding hydrogens is 241 g/mol. The van der Waals surface area contributed by atoms with Crippen molar-refractivity contribution in [2.24, 2.45) is 0 Å². The van der Waals surface area contributed by atoms with Gasteiger partial charge in [0.1, 0.15) is 5.82 Å². The predicted molar refractivity (Wildman–Crippen MR) is 66.7 cm³/mol. The first-order chi connectivity index (χ1) is 8.25. The van der Waals surface area contributed by atoms with Crippen molar-refractivity contribution in [3.05, 3.63) is 34.6 Å². The summed E-state index contributed by atoms with van der Waals surface area (Å²) < 4.78 is 18.9. The molecule has 1 unspecified atom stereocenters. The lowest BCUT2D eigenvalue weighted by atomic mass is 10.1. The van der Waals surface area contributed by atoms with E-state index >= 15 is 0 Å². The number of nitrogens with one attached hydrogen (secondary N) is 1. The Labute approximate surface area is 106 Å². The van der Waals surface area contributed by atoms with Crippen LogP contribution in [0.25, 0.3) is 0 Å². The van der Waals surface area contributed by atoms with Crippen molar-refractivity contribution < 1.29 is 9.13 Å². The minimum absolute atomic E-state index is 0.209. The van der Waals surface area contributed by atoms with Crippen LogP contribution in [0, 0.1) is 5.82 Å². The molecule has 0 aromatic heterocycles. The van der Waals surface area contributed by atoms with Crippen molar-refractivity contribution in [3.8, 4) is 0 Å². The highest BCUT2D eigenvalue weighted by Gasteiger charge is 2.14. The third kappa shape index (κ3) is 3.95. The van der Waals surface area contributed by atoms with Gasteiger partial charge in [-0.3, -0.25) is 0 Å². The summed E-state index contributed by atoms with van der Waals surface area (Å²) in [6, 6.07) is 4.63. The van der Waals surface area contributed by atoms with E-state index in [4.69, 9.17) is 16.3 Å². The van der Waals surface area contributed by atoms with Crippen LogP contribution in [0.1, 0.15) is 24.8 Å². The second-order valence-corrected chi connectivity index (χ2v) is 4.77. The summed E-state index contributed by atoms with van der Waals surface area (Å²) in [5, 5.41) is 3.79. The molecule has 1 aliphatic heterocycles. The Hall–Kier alpha value is -0.640. The van der Waals surface area contributed by atoms with Gasteiger partial charge < -0.3 is 10.1 Å². The summed E-state index contributed by atoms with van der Waals surface area (Å²) in [6.07, 6.45) is 3.68. The van der Waals surface area contributed by atoms with Crippen LogP contribution in [0.2, 0.25) is 5.02 Å². The number of halogens is 2. The van der Waals surface area contributed by atoms with Crippen molar-refractivity contribution in [3.63, 3.8) is 0 Å². The van der Waals surface area contributed by atoms with Gasteiger partial charge in [0.15, 0.2) is 0 Å². The molecule has 1 fully saturated rings. The van der Waals surface area contributed by atoms with E-state index in [0.717, 1.165) is 32.4 Å². The zero-order chi connectivity index (χ0) is 12.1. The van der Waals surface area contributed by atoms with Gasteiger partial charge in [-0.2, -0.15) is 0 Å². The van der Waals surface area contributed by atoms with Gasteiger partial charge in [-0.1, -0.05) is 11.6 Å². The Bertz CT molecular complexity index is 366. The van der Waals surface area contributed by atoms with Crippen LogP contribution in [0.3, 0.4) is 0 Å².